The number of hydrogen-bond donors (Lipinski definition) is 1. The molecule has 1 atom stereocenters. The van der Waals surface area contributed by atoms with Crippen molar-refractivity contribution in [1.82, 2.24) is 0 Å². The van der Waals surface area contributed by atoms with Crippen molar-refractivity contribution in [2.75, 3.05) is 31.1 Å². The van der Waals surface area contributed by atoms with Crippen molar-refractivity contribution in [3.8, 4) is 0 Å². The summed E-state index contributed by atoms with van der Waals surface area (Å²) in [5, 5.41) is 11.9. The van der Waals surface area contributed by atoms with E-state index >= 15 is 0 Å². The Kier molecular flexibility index (Phi) is 7.20. The molecule has 2 aliphatic rings. The van der Waals surface area contributed by atoms with Crippen LogP contribution < -0.4 is 14.9 Å². The van der Waals surface area contributed by atoms with Crippen LogP contribution in [0.2, 0.25) is 0 Å². The number of carboxylic acids is 1. The van der Waals surface area contributed by atoms with Gasteiger partial charge in [0, 0.05) is 11.3 Å². The zero-order valence-corrected chi connectivity index (χ0v) is 18.4. The summed E-state index contributed by atoms with van der Waals surface area (Å²) < 4.78 is 13.2. The number of quaternary nitrogens is 1. The highest BCUT2D eigenvalue weighted by Crippen LogP contribution is 2.32. The number of anilines is 1. The Labute approximate surface area is 188 Å². The number of Topliss-reactive ketones (excluding diaryl/α,β-unsaturated/α-hetero) is 1. The smallest absolute Gasteiger partial charge is 0.169 e. The number of halogens is 1. The molecule has 0 unspecified atom stereocenters. The van der Waals surface area contributed by atoms with Crippen LogP contribution in [-0.2, 0) is 4.79 Å². The van der Waals surface area contributed by atoms with E-state index < -0.39 is 12.0 Å². The molecule has 2 aromatic carbocycles. The second-order valence-corrected chi connectivity index (χ2v) is 9.08. The summed E-state index contributed by atoms with van der Waals surface area (Å²) in [6.45, 7) is 2.47. The number of nitrogens with zero attached hydrogens (tertiary/aromatic N) is 1. The molecule has 1 N–H and O–H groups in total. The highest BCUT2D eigenvalue weighted by Gasteiger charge is 2.30. The van der Waals surface area contributed by atoms with Gasteiger partial charge in [0.1, 0.15) is 11.9 Å². The molecular formula is C26H31FN2O3. The van der Waals surface area contributed by atoms with Gasteiger partial charge in [-0.25, -0.2) is 4.39 Å². The summed E-state index contributed by atoms with van der Waals surface area (Å²) in [5.74, 6) is -1.03. The van der Waals surface area contributed by atoms with Crippen LogP contribution in [-0.4, -0.2) is 44.0 Å². The molecule has 32 heavy (non-hydrogen) atoms. The lowest BCUT2D eigenvalue weighted by Gasteiger charge is -2.37. The van der Waals surface area contributed by atoms with E-state index in [9.17, 15) is 19.1 Å². The van der Waals surface area contributed by atoms with Crippen LogP contribution in [0.4, 0.5) is 10.1 Å². The molecule has 2 aromatic rings. The molecular weight excluding hydrogens is 407 g/mol. The number of hydrogen-bond acceptors (Lipinski definition) is 4. The first-order valence-corrected chi connectivity index (χ1v) is 11.7. The van der Waals surface area contributed by atoms with E-state index in [1.54, 1.807) is 12.1 Å². The molecule has 1 aliphatic heterocycles. The molecule has 2 fully saturated rings. The van der Waals surface area contributed by atoms with Crippen LogP contribution in [0.5, 0.6) is 0 Å². The first-order chi connectivity index (χ1) is 15.5. The second-order valence-electron chi connectivity index (χ2n) is 9.08. The number of carboxylic acid groups (broad SMARTS) is 1. The van der Waals surface area contributed by atoms with Crippen LogP contribution in [0.15, 0.2) is 48.5 Å². The van der Waals surface area contributed by atoms with E-state index in [4.69, 9.17) is 0 Å². The summed E-state index contributed by atoms with van der Waals surface area (Å²) >= 11 is 0. The summed E-state index contributed by atoms with van der Waals surface area (Å²) in [4.78, 5) is 27.7. The predicted molar refractivity (Wildman–Crippen MR) is 119 cm³/mol. The van der Waals surface area contributed by atoms with E-state index in [1.165, 1.54) is 49.8 Å². The molecule has 6 heteroatoms. The topological polar surface area (TPSA) is 64.9 Å². The molecule has 170 valence electrons. The Morgan fingerprint density at radius 1 is 0.969 bits per heavy atom. The van der Waals surface area contributed by atoms with Gasteiger partial charge in [-0.1, -0.05) is 43.5 Å². The quantitative estimate of drug-likeness (QED) is 0.672. The fourth-order valence-electron chi connectivity index (χ4n) is 5.13. The average Bonchev–Trinajstić information content (AvgIpc) is 2.83. The van der Waals surface area contributed by atoms with Crippen LogP contribution in [0.25, 0.3) is 0 Å². The molecule has 1 heterocycles. The second kappa shape index (κ2) is 10.3. The first-order valence-electron chi connectivity index (χ1n) is 11.7. The maximum absolute atomic E-state index is 13.2. The highest BCUT2D eigenvalue weighted by molar-refractivity contribution is 5.98. The third-order valence-corrected chi connectivity index (χ3v) is 7.07. The van der Waals surface area contributed by atoms with E-state index in [2.05, 4.69) is 4.90 Å². The molecule has 5 nitrogen and oxygen atoms in total. The molecule has 0 bridgehead atoms. The van der Waals surface area contributed by atoms with Crippen molar-refractivity contribution in [3.05, 3.63) is 65.5 Å². The van der Waals surface area contributed by atoms with Crippen LogP contribution in [0.1, 0.15) is 60.4 Å². The van der Waals surface area contributed by atoms with Gasteiger partial charge in [0.15, 0.2) is 5.78 Å². The molecule has 0 radical (unpaired) electrons. The minimum absolute atomic E-state index is 0.0585. The van der Waals surface area contributed by atoms with Gasteiger partial charge in [-0.3, -0.25) is 4.79 Å². The van der Waals surface area contributed by atoms with Crippen LogP contribution in [0.3, 0.4) is 0 Å². The third-order valence-electron chi connectivity index (χ3n) is 7.07. The Bertz CT molecular complexity index is 915. The Morgan fingerprint density at radius 3 is 2.19 bits per heavy atom. The van der Waals surface area contributed by atoms with E-state index in [-0.39, 0.29) is 18.0 Å². The zero-order chi connectivity index (χ0) is 22.5. The third kappa shape index (κ3) is 5.36. The van der Waals surface area contributed by atoms with Gasteiger partial charge in [-0.15, -0.1) is 0 Å². The van der Waals surface area contributed by atoms with Crippen molar-refractivity contribution < 1.29 is 24.0 Å². The summed E-state index contributed by atoms with van der Waals surface area (Å²) in [6.07, 6.45) is 6.17. The monoisotopic (exact) mass is 438 g/mol. The molecule has 4 rings (SSSR count). The normalized spacial score (nSPS) is 19.0. The average molecular weight is 439 g/mol. The Balaban J connectivity index is 1.35. The standard InChI is InChI=1S/C26H31FN2O3/c27-22-10-12-23(13-11-22)28-14-16-29(17-15-28)24(26(31)32)18-25(30)21-8-6-20(7-9-21)19-4-2-1-3-5-19/h6-13,19,24H,1-5,14-18H2,(H,31,32)/t24-/m0/s1. The number of ketones is 1. The van der Waals surface area contributed by atoms with Crippen molar-refractivity contribution in [2.24, 2.45) is 0 Å². The number of carbonyl (C=O) groups excluding carboxylic acids is 2. The summed E-state index contributed by atoms with van der Waals surface area (Å²) in [5.41, 5.74) is 2.77. The molecule has 1 aliphatic carbocycles. The fraction of sp³-hybridized carbons (Fsp3) is 0.462. The Morgan fingerprint density at radius 2 is 1.59 bits per heavy atom. The van der Waals surface area contributed by atoms with Gasteiger partial charge in [0.25, 0.3) is 0 Å². The Hall–Kier alpha value is -2.73. The summed E-state index contributed by atoms with van der Waals surface area (Å²) in [6, 6.07) is 13.2. The van der Waals surface area contributed by atoms with Gasteiger partial charge in [0.05, 0.1) is 38.6 Å². The molecule has 1 saturated heterocycles. The number of rotatable bonds is 7. The van der Waals surface area contributed by atoms with Gasteiger partial charge < -0.3 is 19.7 Å². The SMILES string of the molecule is O=C(C[C@@H](C(=O)[O-])[NH+]1CCN(c2ccc(F)cc2)CC1)c1ccc(C2CCCCC2)cc1. The van der Waals surface area contributed by atoms with Gasteiger partial charge in [-0.05, 0) is 48.6 Å². The van der Waals surface area contributed by atoms with Gasteiger partial charge in [0.2, 0.25) is 0 Å². The first kappa shape index (κ1) is 22.5. The van der Waals surface area contributed by atoms with Gasteiger partial charge >= 0.3 is 0 Å². The largest absolute Gasteiger partial charge is 0.544 e. The molecule has 1 saturated carbocycles. The highest BCUT2D eigenvalue weighted by atomic mass is 19.1. The van der Waals surface area contributed by atoms with Crippen molar-refractivity contribution >= 4 is 17.4 Å². The fourth-order valence-corrected chi connectivity index (χ4v) is 5.13. The predicted octanol–water partition coefficient (Wildman–Crippen LogP) is 1.97. The van der Waals surface area contributed by atoms with Crippen molar-refractivity contribution in [1.29, 1.82) is 0 Å². The van der Waals surface area contributed by atoms with Crippen LogP contribution in [0, 0.1) is 5.82 Å². The summed E-state index contributed by atoms with van der Waals surface area (Å²) in [7, 11) is 0. The van der Waals surface area contributed by atoms with E-state index in [1.807, 2.05) is 24.3 Å². The number of nitrogens with one attached hydrogen (secondary N) is 1. The minimum Gasteiger partial charge on any atom is -0.544 e. The van der Waals surface area contributed by atoms with Crippen molar-refractivity contribution in [3.63, 3.8) is 0 Å². The molecule has 0 spiro atoms. The number of carbonyl (C=O) groups is 2. The maximum atomic E-state index is 13.2. The number of piperazine rings is 1. The lowest BCUT2D eigenvalue weighted by Crippen LogP contribution is -3.19. The van der Waals surface area contributed by atoms with E-state index in [0.717, 1.165) is 10.6 Å². The maximum Gasteiger partial charge on any atom is 0.169 e. The minimum atomic E-state index is -1.18. The number of aliphatic carboxylic acids is 1. The lowest BCUT2D eigenvalue weighted by molar-refractivity contribution is -0.918. The number of benzene rings is 2. The lowest BCUT2D eigenvalue weighted by atomic mass is 9.84. The van der Waals surface area contributed by atoms with Crippen molar-refractivity contribution in [2.45, 2.75) is 50.5 Å². The zero-order valence-electron chi connectivity index (χ0n) is 18.4. The molecule has 0 aromatic heterocycles. The van der Waals surface area contributed by atoms with Crippen LogP contribution >= 0.6 is 0 Å². The van der Waals surface area contributed by atoms with Gasteiger partial charge in [-0.2, -0.15) is 0 Å². The van der Waals surface area contributed by atoms with E-state index in [0.29, 0.717) is 37.7 Å². The molecule has 0 amide bonds.